The SMILES string of the molecule is CC(OC(=O)C1(c2ccccc2F)CCCC1)C(N)=O. The van der Waals surface area contributed by atoms with Crippen LogP contribution in [0.5, 0.6) is 0 Å². The van der Waals surface area contributed by atoms with Crippen molar-refractivity contribution < 1.29 is 18.7 Å². The van der Waals surface area contributed by atoms with E-state index >= 15 is 0 Å². The van der Waals surface area contributed by atoms with Gasteiger partial charge in [-0.3, -0.25) is 9.59 Å². The smallest absolute Gasteiger partial charge is 0.317 e. The summed E-state index contributed by atoms with van der Waals surface area (Å²) in [6.45, 7) is 1.42. The molecule has 1 atom stereocenters. The number of ether oxygens (including phenoxy) is 1. The monoisotopic (exact) mass is 279 g/mol. The molecule has 1 aliphatic carbocycles. The summed E-state index contributed by atoms with van der Waals surface area (Å²) in [5.41, 5.74) is 4.46. The molecule has 1 aliphatic rings. The van der Waals surface area contributed by atoms with Gasteiger partial charge in [0.25, 0.3) is 5.91 Å². The molecule has 0 saturated heterocycles. The lowest BCUT2D eigenvalue weighted by Crippen LogP contribution is -2.40. The second-order valence-electron chi connectivity index (χ2n) is 5.22. The Morgan fingerprint density at radius 1 is 1.30 bits per heavy atom. The Kier molecular flexibility index (Phi) is 4.06. The summed E-state index contributed by atoms with van der Waals surface area (Å²) in [4.78, 5) is 23.5. The fourth-order valence-corrected chi connectivity index (χ4v) is 2.74. The number of hydrogen-bond acceptors (Lipinski definition) is 3. The van der Waals surface area contributed by atoms with Crippen molar-refractivity contribution in [2.24, 2.45) is 5.73 Å². The summed E-state index contributed by atoms with van der Waals surface area (Å²) in [5.74, 6) is -1.69. The Hall–Kier alpha value is -1.91. The van der Waals surface area contributed by atoms with Crippen LogP contribution in [0.15, 0.2) is 24.3 Å². The van der Waals surface area contributed by atoms with Crippen molar-refractivity contribution in [2.75, 3.05) is 0 Å². The summed E-state index contributed by atoms with van der Waals surface area (Å²) < 4.78 is 19.2. The van der Waals surface area contributed by atoms with Gasteiger partial charge in [-0.05, 0) is 25.8 Å². The number of rotatable bonds is 4. The van der Waals surface area contributed by atoms with Crippen molar-refractivity contribution in [3.8, 4) is 0 Å². The number of primary amides is 1. The van der Waals surface area contributed by atoms with Gasteiger partial charge in [-0.25, -0.2) is 4.39 Å². The zero-order chi connectivity index (χ0) is 14.8. The largest absolute Gasteiger partial charge is 0.452 e. The van der Waals surface area contributed by atoms with E-state index in [-0.39, 0.29) is 0 Å². The van der Waals surface area contributed by atoms with E-state index in [0.717, 1.165) is 12.8 Å². The van der Waals surface area contributed by atoms with E-state index in [1.165, 1.54) is 13.0 Å². The first-order chi connectivity index (χ1) is 9.47. The van der Waals surface area contributed by atoms with Crippen LogP contribution in [-0.4, -0.2) is 18.0 Å². The lowest BCUT2D eigenvalue weighted by Gasteiger charge is -2.28. The van der Waals surface area contributed by atoms with Gasteiger partial charge in [0.2, 0.25) is 0 Å². The van der Waals surface area contributed by atoms with Gasteiger partial charge in [0, 0.05) is 5.56 Å². The minimum absolute atomic E-state index is 0.346. The van der Waals surface area contributed by atoms with Crippen LogP contribution in [0.25, 0.3) is 0 Å². The minimum Gasteiger partial charge on any atom is -0.452 e. The van der Waals surface area contributed by atoms with Crippen molar-refractivity contribution in [3.05, 3.63) is 35.6 Å². The fraction of sp³-hybridized carbons (Fsp3) is 0.467. The molecule has 1 fully saturated rings. The normalized spacial score (nSPS) is 18.5. The molecule has 1 saturated carbocycles. The summed E-state index contributed by atoms with van der Waals surface area (Å²) in [7, 11) is 0. The van der Waals surface area contributed by atoms with Crippen LogP contribution < -0.4 is 5.73 Å². The molecule has 1 unspecified atom stereocenters. The maximum atomic E-state index is 14.0. The first kappa shape index (κ1) is 14.5. The Balaban J connectivity index is 2.33. The van der Waals surface area contributed by atoms with Gasteiger partial charge in [-0.2, -0.15) is 0 Å². The van der Waals surface area contributed by atoms with Crippen molar-refractivity contribution in [1.29, 1.82) is 0 Å². The molecule has 0 heterocycles. The predicted molar refractivity (Wildman–Crippen MR) is 71.3 cm³/mol. The van der Waals surface area contributed by atoms with Crippen LogP contribution in [0.4, 0.5) is 4.39 Å². The molecule has 0 radical (unpaired) electrons. The number of benzene rings is 1. The van der Waals surface area contributed by atoms with Crippen LogP contribution in [0.1, 0.15) is 38.2 Å². The van der Waals surface area contributed by atoms with E-state index in [1.54, 1.807) is 18.2 Å². The molecule has 5 heteroatoms. The number of halogens is 1. The molecule has 2 N–H and O–H groups in total. The Morgan fingerprint density at radius 3 is 2.45 bits per heavy atom. The third-order valence-electron chi connectivity index (χ3n) is 3.92. The maximum Gasteiger partial charge on any atom is 0.317 e. The third kappa shape index (κ3) is 2.53. The van der Waals surface area contributed by atoms with E-state index in [4.69, 9.17) is 10.5 Å². The summed E-state index contributed by atoms with van der Waals surface area (Å²) >= 11 is 0. The van der Waals surface area contributed by atoms with Crippen LogP contribution in [0.2, 0.25) is 0 Å². The maximum absolute atomic E-state index is 14.0. The van der Waals surface area contributed by atoms with Crippen LogP contribution in [0, 0.1) is 5.82 Å². The standard InChI is InChI=1S/C15H18FNO3/c1-10(13(17)18)20-14(19)15(8-4-5-9-15)11-6-2-3-7-12(11)16/h2-3,6-7,10H,4-5,8-9H2,1H3,(H2,17,18). The van der Waals surface area contributed by atoms with Gasteiger partial charge in [-0.15, -0.1) is 0 Å². The van der Waals surface area contributed by atoms with E-state index in [1.807, 2.05) is 0 Å². The van der Waals surface area contributed by atoms with Gasteiger partial charge >= 0.3 is 5.97 Å². The highest BCUT2D eigenvalue weighted by atomic mass is 19.1. The van der Waals surface area contributed by atoms with Gasteiger partial charge in [-0.1, -0.05) is 31.0 Å². The van der Waals surface area contributed by atoms with Gasteiger partial charge in [0.05, 0.1) is 5.41 Å². The molecule has 2 rings (SSSR count). The highest BCUT2D eigenvalue weighted by Gasteiger charge is 2.46. The quantitative estimate of drug-likeness (QED) is 0.858. The van der Waals surface area contributed by atoms with Crippen molar-refractivity contribution in [1.82, 2.24) is 0 Å². The Morgan fingerprint density at radius 2 is 1.90 bits per heavy atom. The average molecular weight is 279 g/mol. The molecule has 1 aromatic rings. The average Bonchev–Trinajstić information content (AvgIpc) is 2.89. The molecule has 0 aromatic heterocycles. The molecule has 1 amide bonds. The zero-order valence-corrected chi connectivity index (χ0v) is 11.4. The van der Waals surface area contributed by atoms with Crippen molar-refractivity contribution >= 4 is 11.9 Å². The van der Waals surface area contributed by atoms with Crippen molar-refractivity contribution in [2.45, 2.75) is 44.1 Å². The number of esters is 1. The van der Waals surface area contributed by atoms with Crippen LogP contribution >= 0.6 is 0 Å². The van der Waals surface area contributed by atoms with Crippen LogP contribution in [0.3, 0.4) is 0 Å². The molecule has 0 aliphatic heterocycles. The number of nitrogens with two attached hydrogens (primary N) is 1. The number of carbonyl (C=O) groups excluding carboxylic acids is 2. The molecule has 4 nitrogen and oxygen atoms in total. The molecule has 0 spiro atoms. The summed E-state index contributed by atoms with van der Waals surface area (Å²) in [6, 6.07) is 6.22. The van der Waals surface area contributed by atoms with E-state index in [2.05, 4.69) is 0 Å². The molecule has 108 valence electrons. The van der Waals surface area contributed by atoms with Gasteiger partial charge in [0.15, 0.2) is 6.10 Å². The van der Waals surface area contributed by atoms with E-state index in [9.17, 15) is 14.0 Å². The van der Waals surface area contributed by atoms with E-state index < -0.39 is 29.2 Å². The second-order valence-corrected chi connectivity index (χ2v) is 5.22. The topological polar surface area (TPSA) is 69.4 Å². The lowest BCUT2D eigenvalue weighted by atomic mass is 9.78. The number of amides is 1. The molecular formula is C15H18FNO3. The van der Waals surface area contributed by atoms with Gasteiger partial charge in [0.1, 0.15) is 5.82 Å². The fourth-order valence-electron chi connectivity index (χ4n) is 2.74. The highest BCUT2D eigenvalue weighted by molar-refractivity contribution is 5.87. The molecule has 20 heavy (non-hydrogen) atoms. The van der Waals surface area contributed by atoms with Crippen molar-refractivity contribution in [3.63, 3.8) is 0 Å². The first-order valence-electron chi connectivity index (χ1n) is 6.73. The van der Waals surface area contributed by atoms with Gasteiger partial charge < -0.3 is 10.5 Å². The highest BCUT2D eigenvalue weighted by Crippen LogP contribution is 2.43. The predicted octanol–water partition coefficient (Wildman–Crippen LogP) is 2.05. The molecule has 1 aromatic carbocycles. The third-order valence-corrected chi connectivity index (χ3v) is 3.92. The second kappa shape index (κ2) is 5.61. The molecular weight excluding hydrogens is 261 g/mol. The Labute approximate surface area is 117 Å². The number of hydrogen-bond donors (Lipinski definition) is 1. The zero-order valence-electron chi connectivity index (χ0n) is 11.4. The van der Waals surface area contributed by atoms with E-state index in [0.29, 0.717) is 18.4 Å². The summed E-state index contributed by atoms with van der Waals surface area (Å²) in [5, 5.41) is 0. The Bertz CT molecular complexity index is 524. The number of carbonyl (C=O) groups is 2. The summed E-state index contributed by atoms with van der Waals surface area (Å²) in [6.07, 6.45) is 1.70. The van der Waals surface area contributed by atoms with Crippen LogP contribution in [-0.2, 0) is 19.7 Å². The lowest BCUT2D eigenvalue weighted by molar-refractivity contribution is -0.159. The minimum atomic E-state index is -1.01. The molecule has 0 bridgehead atoms. The first-order valence-corrected chi connectivity index (χ1v) is 6.73.